The van der Waals surface area contributed by atoms with Gasteiger partial charge in [-0.3, -0.25) is 9.52 Å². The Bertz CT molecular complexity index is 1160. The predicted octanol–water partition coefficient (Wildman–Crippen LogP) is 1.44. The quantitative estimate of drug-likeness (QED) is 0.488. The molecule has 0 fully saturated rings. The first-order valence-electron chi connectivity index (χ1n) is 8.24. The summed E-state index contributed by atoms with van der Waals surface area (Å²) in [5, 5.41) is 5.08. The Hall–Kier alpha value is -2.76. The van der Waals surface area contributed by atoms with E-state index in [1.165, 1.54) is 43.3 Å². The number of nitrogens with two attached hydrogens (primary N) is 1. The molecule has 0 aliphatic rings. The number of hydrogen-bond donors (Lipinski definition) is 2. The largest absolute Gasteiger partial charge is 0.451 e. The van der Waals surface area contributed by atoms with Crippen LogP contribution in [0.3, 0.4) is 0 Å². The molecular weight excluding hydrogens is 420 g/mol. The second-order valence-electron chi connectivity index (χ2n) is 6.39. The van der Waals surface area contributed by atoms with E-state index in [2.05, 4.69) is 4.72 Å². The third kappa shape index (κ3) is 6.11. The number of rotatable bonds is 7. The molecule has 2 aromatic carbocycles. The van der Waals surface area contributed by atoms with Crippen LogP contribution in [-0.2, 0) is 24.8 Å². The summed E-state index contributed by atoms with van der Waals surface area (Å²) >= 11 is 0. The maximum absolute atomic E-state index is 12.5. The van der Waals surface area contributed by atoms with Crippen LogP contribution in [0.25, 0.3) is 0 Å². The van der Waals surface area contributed by atoms with Crippen molar-refractivity contribution in [3.63, 3.8) is 0 Å². The van der Waals surface area contributed by atoms with Crippen LogP contribution in [0.15, 0.2) is 47.4 Å². The molecule has 0 bridgehead atoms. The van der Waals surface area contributed by atoms with E-state index in [1.54, 1.807) is 6.92 Å². The highest BCUT2D eigenvalue weighted by molar-refractivity contribution is 7.92. The van der Waals surface area contributed by atoms with Gasteiger partial charge in [-0.1, -0.05) is 6.07 Å². The van der Waals surface area contributed by atoms with E-state index in [0.29, 0.717) is 5.56 Å². The number of anilines is 1. The molecule has 0 aliphatic carbocycles. The predicted molar refractivity (Wildman–Crippen MR) is 107 cm³/mol. The van der Waals surface area contributed by atoms with E-state index in [4.69, 9.17) is 9.88 Å². The van der Waals surface area contributed by atoms with E-state index in [9.17, 15) is 26.4 Å². The summed E-state index contributed by atoms with van der Waals surface area (Å²) in [7, 11) is -7.45. The van der Waals surface area contributed by atoms with Crippen molar-refractivity contribution < 1.29 is 31.2 Å². The van der Waals surface area contributed by atoms with Crippen LogP contribution in [-0.4, -0.2) is 40.9 Å². The Labute approximate surface area is 169 Å². The average molecular weight is 440 g/mol. The van der Waals surface area contributed by atoms with Gasteiger partial charge in [-0.05, 0) is 55.8 Å². The molecule has 29 heavy (non-hydrogen) atoms. The molecule has 2 rings (SSSR count). The summed E-state index contributed by atoms with van der Waals surface area (Å²) in [5.74, 6) is -1.38. The van der Waals surface area contributed by atoms with Crippen LogP contribution in [0.1, 0.15) is 33.2 Å². The summed E-state index contributed by atoms with van der Waals surface area (Å²) in [4.78, 5) is 24.7. The first kappa shape index (κ1) is 22.5. The Morgan fingerprint density at radius 1 is 1.03 bits per heavy atom. The Balaban J connectivity index is 2.16. The molecule has 0 aromatic heterocycles. The number of benzene rings is 2. The zero-order valence-corrected chi connectivity index (χ0v) is 17.5. The van der Waals surface area contributed by atoms with E-state index >= 15 is 0 Å². The molecule has 0 radical (unpaired) electrons. The van der Waals surface area contributed by atoms with E-state index < -0.39 is 37.9 Å². The fourth-order valence-electron chi connectivity index (χ4n) is 2.43. The highest BCUT2D eigenvalue weighted by atomic mass is 32.2. The number of carbonyl (C=O) groups is 2. The maximum atomic E-state index is 12.5. The molecule has 3 N–H and O–H groups in total. The summed E-state index contributed by atoms with van der Waals surface area (Å²) in [6.07, 6.45) is -0.158. The van der Waals surface area contributed by atoms with Crippen molar-refractivity contribution in [3.05, 3.63) is 59.2 Å². The van der Waals surface area contributed by atoms with Gasteiger partial charge in [-0.2, -0.15) is 0 Å². The summed E-state index contributed by atoms with van der Waals surface area (Å²) in [6, 6.07) is 9.37. The lowest BCUT2D eigenvalue weighted by molar-refractivity contribution is 0.0318. The topological polar surface area (TPSA) is 150 Å². The van der Waals surface area contributed by atoms with Crippen molar-refractivity contribution in [2.24, 2.45) is 5.14 Å². The molecule has 0 saturated carbocycles. The standard InChI is InChI=1S/C18H20N2O7S2/c1-11-4-9-15(29(19,25)26)10-16(11)18(22)27-12(2)17(21)13-5-7-14(8-6-13)20-28(3,23)24/h4-10,12,20H,1-3H3,(H2,19,25,26). The molecule has 11 heteroatoms. The van der Waals surface area contributed by atoms with Crippen molar-refractivity contribution >= 4 is 37.5 Å². The molecular formula is C18H20N2O7S2. The molecule has 2 aromatic rings. The summed E-state index contributed by atoms with van der Waals surface area (Å²) in [6.45, 7) is 2.96. The number of ether oxygens (including phenoxy) is 1. The van der Waals surface area contributed by atoms with Crippen LogP contribution in [0.5, 0.6) is 0 Å². The van der Waals surface area contributed by atoms with Gasteiger partial charge >= 0.3 is 5.97 Å². The molecule has 1 atom stereocenters. The molecule has 0 spiro atoms. The minimum atomic E-state index is -4.00. The zero-order chi connectivity index (χ0) is 22.0. The lowest BCUT2D eigenvalue weighted by atomic mass is 10.1. The molecule has 0 aliphatic heterocycles. The Morgan fingerprint density at radius 2 is 1.62 bits per heavy atom. The normalized spacial score (nSPS) is 12.8. The molecule has 1 unspecified atom stereocenters. The number of carbonyl (C=O) groups excluding carboxylic acids is 2. The van der Waals surface area contributed by atoms with Crippen LogP contribution < -0.4 is 9.86 Å². The van der Waals surface area contributed by atoms with Gasteiger partial charge < -0.3 is 4.74 Å². The van der Waals surface area contributed by atoms with Crippen molar-refractivity contribution in [2.75, 3.05) is 11.0 Å². The smallest absolute Gasteiger partial charge is 0.339 e. The van der Waals surface area contributed by atoms with E-state index in [0.717, 1.165) is 12.3 Å². The third-order valence-corrected chi connectivity index (χ3v) is 5.40. The number of nitrogens with one attached hydrogen (secondary N) is 1. The number of primary sulfonamides is 1. The molecule has 0 saturated heterocycles. The van der Waals surface area contributed by atoms with Crippen molar-refractivity contribution in [1.82, 2.24) is 0 Å². The number of aryl methyl sites for hydroxylation is 1. The van der Waals surface area contributed by atoms with Crippen molar-refractivity contribution in [1.29, 1.82) is 0 Å². The van der Waals surface area contributed by atoms with Crippen LogP contribution in [0, 0.1) is 6.92 Å². The summed E-state index contributed by atoms with van der Waals surface area (Å²) < 4.78 is 52.8. The minimum Gasteiger partial charge on any atom is -0.451 e. The Kier molecular flexibility index (Phi) is 6.46. The highest BCUT2D eigenvalue weighted by Gasteiger charge is 2.22. The van der Waals surface area contributed by atoms with Gasteiger partial charge in [0.2, 0.25) is 25.8 Å². The van der Waals surface area contributed by atoms with Gasteiger partial charge in [-0.25, -0.2) is 26.8 Å². The van der Waals surface area contributed by atoms with Crippen molar-refractivity contribution in [3.8, 4) is 0 Å². The zero-order valence-electron chi connectivity index (χ0n) is 15.9. The molecule has 156 valence electrons. The molecule has 9 nitrogen and oxygen atoms in total. The summed E-state index contributed by atoms with van der Waals surface area (Å²) in [5.41, 5.74) is 0.922. The SMILES string of the molecule is Cc1ccc(S(N)(=O)=O)cc1C(=O)OC(C)C(=O)c1ccc(NS(C)(=O)=O)cc1. The monoisotopic (exact) mass is 440 g/mol. The van der Waals surface area contributed by atoms with Gasteiger partial charge in [0, 0.05) is 11.3 Å². The Morgan fingerprint density at radius 3 is 2.14 bits per heavy atom. The first-order valence-corrected chi connectivity index (χ1v) is 11.7. The molecule has 0 heterocycles. The van der Waals surface area contributed by atoms with Gasteiger partial charge in [0.25, 0.3) is 0 Å². The number of sulfonamides is 2. The fraction of sp³-hybridized carbons (Fsp3) is 0.222. The van der Waals surface area contributed by atoms with Gasteiger partial charge in [0.15, 0.2) is 6.10 Å². The second-order valence-corrected chi connectivity index (χ2v) is 9.69. The fourth-order valence-corrected chi connectivity index (χ4v) is 3.53. The van der Waals surface area contributed by atoms with Gasteiger partial charge in [-0.15, -0.1) is 0 Å². The van der Waals surface area contributed by atoms with Crippen LogP contribution in [0.4, 0.5) is 5.69 Å². The first-order chi connectivity index (χ1) is 13.3. The number of hydrogen-bond acceptors (Lipinski definition) is 7. The average Bonchev–Trinajstić information content (AvgIpc) is 2.59. The van der Waals surface area contributed by atoms with E-state index in [1.807, 2.05) is 0 Å². The molecule has 0 amide bonds. The van der Waals surface area contributed by atoms with Crippen LogP contribution >= 0.6 is 0 Å². The van der Waals surface area contributed by atoms with Gasteiger partial charge in [0.05, 0.1) is 16.7 Å². The lowest BCUT2D eigenvalue weighted by Crippen LogP contribution is -2.25. The number of Topliss-reactive ketones (excluding diaryl/α,β-unsaturated/α-hetero) is 1. The highest BCUT2D eigenvalue weighted by Crippen LogP contribution is 2.18. The lowest BCUT2D eigenvalue weighted by Gasteiger charge is -2.14. The van der Waals surface area contributed by atoms with Crippen molar-refractivity contribution in [2.45, 2.75) is 24.8 Å². The van der Waals surface area contributed by atoms with E-state index in [-0.39, 0.29) is 21.7 Å². The second kappa shape index (κ2) is 8.31. The maximum Gasteiger partial charge on any atom is 0.339 e. The minimum absolute atomic E-state index is 0.0242. The third-order valence-electron chi connectivity index (χ3n) is 3.88. The number of esters is 1. The number of ketones is 1. The van der Waals surface area contributed by atoms with Gasteiger partial charge in [0.1, 0.15) is 0 Å². The van der Waals surface area contributed by atoms with Crippen LogP contribution in [0.2, 0.25) is 0 Å².